The molecule has 0 saturated heterocycles. The molecule has 3 N–H and O–H groups in total. The number of carbonyl (C=O) groups excluding carboxylic acids is 1. The molecule has 3 rings (SSSR count). The van der Waals surface area contributed by atoms with Gasteiger partial charge < -0.3 is 10.6 Å². The average molecular weight is 306 g/mol. The Morgan fingerprint density at radius 2 is 1.87 bits per heavy atom. The number of aryl methyl sites for hydroxylation is 1. The van der Waals surface area contributed by atoms with Crippen LogP contribution in [0.2, 0.25) is 0 Å². The second-order valence-corrected chi connectivity index (χ2v) is 5.37. The van der Waals surface area contributed by atoms with Crippen molar-refractivity contribution >= 4 is 23.1 Å². The SMILES string of the molecule is CC(=O)Nc1ccc(Nc2cc(-c3ccccc3)[nH]n2)c(C)c1. The third-order valence-corrected chi connectivity index (χ3v) is 3.47. The topological polar surface area (TPSA) is 69.8 Å². The molecule has 116 valence electrons. The fourth-order valence-corrected chi connectivity index (χ4v) is 2.37. The van der Waals surface area contributed by atoms with Crippen LogP contribution in [-0.4, -0.2) is 16.1 Å². The van der Waals surface area contributed by atoms with Crippen molar-refractivity contribution in [3.8, 4) is 11.3 Å². The Hall–Kier alpha value is -3.08. The molecule has 1 amide bonds. The van der Waals surface area contributed by atoms with Gasteiger partial charge in [-0.25, -0.2) is 0 Å². The molecule has 0 fully saturated rings. The summed E-state index contributed by atoms with van der Waals surface area (Å²) in [5.74, 6) is 0.671. The predicted molar refractivity (Wildman–Crippen MR) is 92.8 cm³/mol. The molecule has 5 nitrogen and oxygen atoms in total. The summed E-state index contributed by atoms with van der Waals surface area (Å²) in [7, 11) is 0. The standard InChI is InChI=1S/C18H18N4O/c1-12-10-15(19-13(2)23)8-9-16(12)20-18-11-17(21-22-18)14-6-4-3-5-7-14/h3-11H,1-2H3,(H,19,23)(H2,20,21,22). The fraction of sp³-hybridized carbons (Fsp3) is 0.111. The zero-order valence-electron chi connectivity index (χ0n) is 13.1. The van der Waals surface area contributed by atoms with Crippen molar-refractivity contribution in [2.45, 2.75) is 13.8 Å². The van der Waals surface area contributed by atoms with Crippen LogP contribution in [0, 0.1) is 6.92 Å². The minimum absolute atomic E-state index is 0.0788. The second-order valence-electron chi connectivity index (χ2n) is 5.37. The molecule has 0 atom stereocenters. The molecule has 23 heavy (non-hydrogen) atoms. The van der Waals surface area contributed by atoms with Gasteiger partial charge in [-0.1, -0.05) is 30.3 Å². The molecule has 1 aromatic heterocycles. The number of amides is 1. The lowest BCUT2D eigenvalue weighted by atomic mass is 10.1. The van der Waals surface area contributed by atoms with E-state index >= 15 is 0 Å². The molecule has 0 unspecified atom stereocenters. The summed E-state index contributed by atoms with van der Waals surface area (Å²) in [6, 6.07) is 17.7. The fourth-order valence-electron chi connectivity index (χ4n) is 2.37. The van der Waals surface area contributed by atoms with E-state index in [1.165, 1.54) is 6.92 Å². The van der Waals surface area contributed by atoms with E-state index < -0.39 is 0 Å². The van der Waals surface area contributed by atoms with E-state index in [2.05, 4.69) is 20.8 Å². The molecule has 0 aliphatic carbocycles. The first-order valence-corrected chi connectivity index (χ1v) is 7.38. The average Bonchev–Trinajstić information content (AvgIpc) is 2.99. The van der Waals surface area contributed by atoms with Gasteiger partial charge in [0.2, 0.25) is 5.91 Å². The van der Waals surface area contributed by atoms with Crippen molar-refractivity contribution in [2.75, 3.05) is 10.6 Å². The zero-order valence-corrected chi connectivity index (χ0v) is 13.1. The second kappa shape index (κ2) is 6.36. The van der Waals surface area contributed by atoms with Gasteiger partial charge in [-0.15, -0.1) is 0 Å². The number of carbonyl (C=O) groups is 1. The number of hydrogen-bond acceptors (Lipinski definition) is 3. The zero-order chi connectivity index (χ0) is 16.2. The van der Waals surface area contributed by atoms with E-state index in [0.29, 0.717) is 0 Å². The molecule has 0 saturated carbocycles. The first kappa shape index (κ1) is 14.8. The number of rotatable bonds is 4. The van der Waals surface area contributed by atoms with Gasteiger partial charge in [0.25, 0.3) is 0 Å². The van der Waals surface area contributed by atoms with Gasteiger partial charge in [-0.2, -0.15) is 5.10 Å². The van der Waals surface area contributed by atoms with Crippen molar-refractivity contribution in [3.63, 3.8) is 0 Å². The summed E-state index contributed by atoms with van der Waals surface area (Å²) in [4.78, 5) is 11.1. The predicted octanol–water partition coefficient (Wildman–Crippen LogP) is 4.09. The summed E-state index contributed by atoms with van der Waals surface area (Å²) in [6.07, 6.45) is 0. The van der Waals surface area contributed by atoms with Crippen molar-refractivity contribution < 1.29 is 4.79 Å². The molecule has 0 bridgehead atoms. The van der Waals surface area contributed by atoms with E-state index in [4.69, 9.17) is 0 Å². The Bertz CT molecular complexity index is 824. The van der Waals surface area contributed by atoms with Crippen LogP contribution < -0.4 is 10.6 Å². The van der Waals surface area contributed by atoms with Crippen LogP contribution in [0.4, 0.5) is 17.2 Å². The Kier molecular flexibility index (Phi) is 4.10. The molecule has 0 aliphatic heterocycles. The van der Waals surface area contributed by atoms with Crippen molar-refractivity contribution in [1.82, 2.24) is 10.2 Å². The van der Waals surface area contributed by atoms with Gasteiger partial charge in [-0.3, -0.25) is 9.89 Å². The lowest BCUT2D eigenvalue weighted by molar-refractivity contribution is -0.114. The van der Waals surface area contributed by atoms with Crippen LogP contribution >= 0.6 is 0 Å². The highest BCUT2D eigenvalue weighted by Crippen LogP contribution is 2.25. The third-order valence-electron chi connectivity index (χ3n) is 3.47. The number of nitrogens with one attached hydrogen (secondary N) is 3. The number of anilines is 3. The van der Waals surface area contributed by atoms with Gasteiger partial charge in [0.05, 0.1) is 5.69 Å². The van der Waals surface area contributed by atoms with Gasteiger partial charge in [0.15, 0.2) is 5.82 Å². The van der Waals surface area contributed by atoms with Crippen LogP contribution in [0.15, 0.2) is 54.6 Å². The molecular weight excluding hydrogens is 288 g/mol. The lowest BCUT2D eigenvalue weighted by Gasteiger charge is -2.09. The quantitative estimate of drug-likeness (QED) is 0.680. The maximum Gasteiger partial charge on any atom is 0.221 e. The Morgan fingerprint density at radius 1 is 1.09 bits per heavy atom. The molecule has 0 spiro atoms. The maximum absolute atomic E-state index is 11.1. The number of aromatic amines is 1. The highest BCUT2D eigenvalue weighted by atomic mass is 16.1. The highest BCUT2D eigenvalue weighted by molar-refractivity contribution is 5.89. The Labute approximate surface area is 134 Å². The van der Waals surface area contributed by atoms with E-state index in [-0.39, 0.29) is 5.91 Å². The van der Waals surface area contributed by atoms with E-state index in [0.717, 1.165) is 34.0 Å². The molecule has 3 aromatic rings. The normalized spacial score (nSPS) is 10.3. The monoisotopic (exact) mass is 306 g/mol. The minimum atomic E-state index is -0.0788. The Balaban J connectivity index is 1.77. The number of nitrogens with zero attached hydrogens (tertiary/aromatic N) is 1. The van der Waals surface area contributed by atoms with Gasteiger partial charge in [0.1, 0.15) is 0 Å². The summed E-state index contributed by atoms with van der Waals surface area (Å²) in [6.45, 7) is 3.48. The van der Waals surface area contributed by atoms with Crippen LogP contribution in [0.1, 0.15) is 12.5 Å². The molecule has 0 aliphatic rings. The Morgan fingerprint density at radius 3 is 2.57 bits per heavy atom. The van der Waals surface area contributed by atoms with Crippen LogP contribution in [0.25, 0.3) is 11.3 Å². The molecule has 2 aromatic carbocycles. The summed E-state index contributed by atoms with van der Waals surface area (Å²) in [5, 5.41) is 13.4. The van der Waals surface area contributed by atoms with Crippen LogP contribution in [0.5, 0.6) is 0 Å². The molecule has 5 heteroatoms. The number of benzene rings is 2. The molecular formula is C18H18N4O. The number of H-pyrrole nitrogens is 1. The van der Waals surface area contributed by atoms with E-state index in [9.17, 15) is 4.79 Å². The van der Waals surface area contributed by atoms with Crippen molar-refractivity contribution in [1.29, 1.82) is 0 Å². The van der Waals surface area contributed by atoms with Gasteiger partial charge in [-0.05, 0) is 36.2 Å². The van der Waals surface area contributed by atoms with Crippen molar-refractivity contribution in [3.05, 3.63) is 60.2 Å². The summed E-state index contributed by atoms with van der Waals surface area (Å²) >= 11 is 0. The molecule has 1 heterocycles. The highest BCUT2D eigenvalue weighted by Gasteiger charge is 2.06. The van der Waals surface area contributed by atoms with E-state index in [1.807, 2.05) is 61.5 Å². The minimum Gasteiger partial charge on any atom is -0.339 e. The first-order chi connectivity index (χ1) is 11.1. The van der Waals surface area contributed by atoms with Gasteiger partial charge in [0, 0.05) is 24.4 Å². The largest absolute Gasteiger partial charge is 0.339 e. The maximum atomic E-state index is 11.1. The van der Waals surface area contributed by atoms with Crippen LogP contribution in [0.3, 0.4) is 0 Å². The molecule has 0 radical (unpaired) electrons. The number of hydrogen-bond donors (Lipinski definition) is 3. The first-order valence-electron chi connectivity index (χ1n) is 7.38. The van der Waals surface area contributed by atoms with E-state index in [1.54, 1.807) is 0 Å². The van der Waals surface area contributed by atoms with Crippen LogP contribution in [-0.2, 0) is 4.79 Å². The van der Waals surface area contributed by atoms with Gasteiger partial charge >= 0.3 is 0 Å². The smallest absolute Gasteiger partial charge is 0.221 e. The lowest BCUT2D eigenvalue weighted by Crippen LogP contribution is -2.06. The summed E-state index contributed by atoms with van der Waals surface area (Å²) < 4.78 is 0. The van der Waals surface area contributed by atoms with Crippen molar-refractivity contribution in [2.24, 2.45) is 0 Å². The third kappa shape index (κ3) is 3.58. The number of aromatic nitrogens is 2. The summed E-state index contributed by atoms with van der Waals surface area (Å²) in [5.41, 5.74) is 4.81.